The standard InChI is InChI=1S/C19H25N3O4/c1-13-4-5-16(15(12-13)18(24)25)20-17(23)14-6-10-22(11-7-14)19(26)21-8-2-3-9-21/h4-5,12,14H,2-3,6-11H2,1H3,(H,20,23)(H,24,25). The van der Waals surface area contributed by atoms with E-state index in [1.807, 2.05) is 16.7 Å². The van der Waals surface area contributed by atoms with Gasteiger partial charge in [-0.3, -0.25) is 4.79 Å². The van der Waals surface area contributed by atoms with Crippen LogP contribution in [0.15, 0.2) is 18.2 Å². The number of urea groups is 1. The molecule has 0 saturated carbocycles. The largest absolute Gasteiger partial charge is 0.478 e. The summed E-state index contributed by atoms with van der Waals surface area (Å²) in [5.74, 6) is -1.44. The molecule has 1 aromatic rings. The number of carboxylic acids is 1. The monoisotopic (exact) mass is 359 g/mol. The van der Waals surface area contributed by atoms with Crippen molar-refractivity contribution in [2.45, 2.75) is 32.6 Å². The molecule has 2 aliphatic rings. The van der Waals surface area contributed by atoms with Crippen LogP contribution in [-0.4, -0.2) is 59.0 Å². The van der Waals surface area contributed by atoms with Crippen LogP contribution in [0.25, 0.3) is 0 Å². The van der Waals surface area contributed by atoms with E-state index < -0.39 is 5.97 Å². The van der Waals surface area contributed by atoms with E-state index in [1.54, 1.807) is 18.2 Å². The van der Waals surface area contributed by atoms with Crippen molar-refractivity contribution in [3.05, 3.63) is 29.3 Å². The first-order valence-corrected chi connectivity index (χ1v) is 9.14. The van der Waals surface area contributed by atoms with Gasteiger partial charge in [-0.15, -0.1) is 0 Å². The van der Waals surface area contributed by atoms with Gasteiger partial charge in [0, 0.05) is 32.1 Å². The summed E-state index contributed by atoms with van der Waals surface area (Å²) in [6, 6.07) is 5.03. The van der Waals surface area contributed by atoms with Gasteiger partial charge < -0.3 is 20.2 Å². The maximum Gasteiger partial charge on any atom is 0.337 e. The van der Waals surface area contributed by atoms with E-state index >= 15 is 0 Å². The Morgan fingerprint density at radius 1 is 1.04 bits per heavy atom. The lowest BCUT2D eigenvalue weighted by atomic mass is 9.95. The Balaban J connectivity index is 1.57. The number of rotatable bonds is 3. The first-order chi connectivity index (χ1) is 12.5. The van der Waals surface area contributed by atoms with E-state index in [2.05, 4.69) is 5.32 Å². The molecule has 0 unspecified atom stereocenters. The highest BCUT2D eigenvalue weighted by atomic mass is 16.4. The van der Waals surface area contributed by atoms with Gasteiger partial charge in [-0.25, -0.2) is 9.59 Å². The highest BCUT2D eigenvalue weighted by Gasteiger charge is 2.30. The van der Waals surface area contributed by atoms with E-state index in [0.29, 0.717) is 31.6 Å². The van der Waals surface area contributed by atoms with E-state index in [4.69, 9.17) is 0 Å². The van der Waals surface area contributed by atoms with Crippen LogP contribution in [0.3, 0.4) is 0 Å². The molecule has 2 heterocycles. The van der Waals surface area contributed by atoms with Crippen molar-refractivity contribution in [1.82, 2.24) is 9.80 Å². The SMILES string of the molecule is Cc1ccc(NC(=O)C2CCN(C(=O)N3CCCC3)CC2)c(C(=O)O)c1. The third-order valence-corrected chi connectivity index (χ3v) is 5.18. The smallest absolute Gasteiger partial charge is 0.337 e. The van der Waals surface area contributed by atoms with Gasteiger partial charge in [-0.05, 0) is 44.7 Å². The lowest BCUT2D eigenvalue weighted by Gasteiger charge is -2.34. The number of carbonyl (C=O) groups excluding carboxylic acids is 2. The molecule has 2 saturated heterocycles. The number of carboxylic acid groups (broad SMARTS) is 1. The second kappa shape index (κ2) is 7.76. The molecule has 2 fully saturated rings. The Kier molecular flexibility index (Phi) is 5.44. The molecule has 0 radical (unpaired) electrons. The highest BCUT2D eigenvalue weighted by molar-refractivity contribution is 6.01. The van der Waals surface area contributed by atoms with Crippen molar-refractivity contribution in [2.75, 3.05) is 31.5 Å². The molecule has 0 atom stereocenters. The number of benzene rings is 1. The average Bonchev–Trinajstić information content (AvgIpc) is 3.17. The molecule has 26 heavy (non-hydrogen) atoms. The molecule has 0 spiro atoms. The van der Waals surface area contributed by atoms with Gasteiger partial charge in [0.15, 0.2) is 0 Å². The number of nitrogens with one attached hydrogen (secondary N) is 1. The summed E-state index contributed by atoms with van der Waals surface area (Å²) in [7, 11) is 0. The van der Waals surface area contributed by atoms with E-state index in [0.717, 1.165) is 31.5 Å². The topological polar surface area (TPSA) is 90.0 Å². The number of nitrogens with zero attached hydrogens (tertiary/aromatic N) is 2. The molecule has 0 aromatic heterocycles. The molecule has 3 rings (SSSR count). The molecule has 2 N–H and O–H groups in total. The van der Waals surface area contributed by atoms with Gasteiger partial charge >= 0.3 is 12.0 Å². The summed E-state index contributed by atoms with van der Waals surface area (Å²) in [5.41, 5.74) is 1.25. The molecular formula is C19H25N3O4. The molecule has 2 aliphatic heterocycles. The minimum Gasteiger partial charge on any atom is -0.478 e. The fraction of sp³-hybridized carbons (Fsp3) is 0.526. The van der Waals surface area contributed by atoms with E-state index in [-0.39, 0.29) is 23.4 Å². The number of amides is 3. The maximum atomic E-state index is 12.5. The summed E-state index contributed by atoms with van der Waals surface area (Å²) in [6.07, 6.45) is 3.32. The molecule has 140 valence electrons. The summed E-state index contributed by atoms with van der Waals surface area (Å²) in [5, 5.41) is 12.1. The van der Waals surface area contributed by atoms with Crippen LogP contribution in [0.1, 0.15) is 41.6 Å². The number of carbonyl (C=O) groups is 3. The van der Waals surface area contributed by atoms with Crippen LogP contribution in [0.4, 0.5) is 10.5 Å². The van der Waals surface area contributed by atoms with Gasteiger partial charge in [-0.1, -0.05) is 11.6 Å². The second-order valence-corrected chi connectivity index (χ2v) is 7.08. The Bertz CT molecular complexity index is 705. The predicted octanol–water partition coefficient (Wildman–Crippen LogP) is 2.56. The molecule has 0 aliphatic carbocycles. The number of likely N-dealkylation sites (tertiary alicyclic amines) is 2. The van der Waals surface area contributed by atoms with Crippen molar-refractivity contribution >= 4 is 23.6 Å². The van der Waals surface area contributed by atoms with Gasteiger partial charge in [0.2, 0.25) is 5.91 Å². The molecule has 3 amide bonds. The third kappa shape index (κ3) is 3.98. The third-order valence-electron chi connectivity index (χ3n) is 5.18. The number of hydrogen-bond donors (Lipinski definition) is 2. The Morgan fingerprint density at radius 2 is 1.65 bits per heavy atom. The second-order valence-electron chi connectivity index (χ2n) is 7.08. The Hall–Kier alpha value is -2.57. The zero-order chi connectivity index (χ0) is 18.7. The summed E-state index contributed by atoms with van der Waals surface area (Å²) in [4.78, 5) is 40.0. The highest BCUT2D eigenvalue weighted by Crippen LogP contribution is 2.23. The quantitative estimate of drug-likeness (QED) is 0.868. The predicted molar refractivity (Wildman–Crippen MR) is 97.3 cm³/mol. The van der Waals surface area contributed by atoms with Crippen LogP contribution < -0.4 is 5.32 Å². The fourth-order valence-corrected chi connectivity index (χ4v) is 3.62. The van der Waals surface area contributed by atoms with Gasteiger partial charge in [0.1, 0.15) is 0 Å². The zero-order valence-corrected chi connectivity index (χ0v) is 15.0. The molecule has 0 bridgehead atoms. The van der Waals surface area contributed by atoms with E-state index in [9.17, 15) is 19.5 Å². The van der Waals surface area contributed by atoms with Crippen LogP contribution in [0.5, 0.6) is 0 Å². The first-order valence-electron chi connectivity index (χ1n) is 9.14. The number of anilines is 1. The zero-order valence-electron chi connectivity index (χ0n) is 15.0. The summed E-state index contributed by atoms with van der Waals surface area (Å²) < 4.78 is 0. The Morgan fingerprint density at radius 3 is 2.27 bits per heavy atom. The van der Waals surface area contributed by atoms with Crippen LogP contribution >= 0.6 is 0 Å². The van der Waals surface area contributed by atoms with Crippen LogP contribution in [0, 0.1) is 12.8 Å². The minimum absolute atomic E-state index is 0.0769. The van der Waals surface area contributed by atoms with E-state index in [1.165, 1.54) is 0 Å². The minimum atomic E-state index is -1.06. The van der Waals surface area contributed by atoms with Crippen LogP contribution in [0.2, 0.25) is 0 Å². The van der Waals surface area contributed by atoms with Crippen molar-refractivity contribution < 1.29 is 19.5 Å². The van der Waals surface area contributed by atoms with Gasteiger partial charge in [0.25, 0.3) is 0 Å². The fourth-order valence-electron chi connectivity index (χ4n) is 3.62. The molecule has 1 aromatic carbocycles. The number of hydrogen-bond acceptors (Lipinski definition) is 3. The first kappa shape index (κ1) is 18.2. The number of aryl methyl sites for hydroxylation is 1. The van der Waals surface area contributed by atoms with Crippen molar-refractivity contribution in [2.24, 2.45) is 5.92 Å². The molecule has 7 nitrogen and oxygen atoms in total. The van der Waals surface area contributed by atoms with Crippen molar-refractivity contribution in [3.63, 3.8) is 0 Å². The van der Waals surface area contributed by atoms with Gasteiger partial charge in [-0.2, -0.15) is 0 Å². The van der Waals surface area contributed by atoms with Crippen LogP contribution in [-0.2, 0) is 4.79 Å². The number of piperidine rings is 1. The molecule has 7 heteroatoms. The molecular weight excluding hydrogens is 334 g/mol. The lowest BCUT2D eigenvalue weighted by Crippen LogP contribution is -2.47. The van der Waals surface area contributed by atoms with Gasteiger partial charge in [0.05, 0.1) is 11.3 Å². The van der Waals surface area contributed by atoms with Crippen molar-refractivity contribution in [3.8, 4) is 0 Å². The Labute approximate surface area is 153 Å². The van der Waals surface area contributed by atoms with Crippen molar-refractivity contribution in [1.29, 1.82) is 0 Å². The lowest BCUT2D eigenvalue weighted by molar-refractivity contribution is -0.121. The summed E-state index contributed by atoms with van der Waals surface area (Å²) in [6.45, 7) is 4.58. The maximum absolute atomic E-state index is 12.5. The number of aromatic carboxylic acids is 1. The summed E-state index contributed by atoms with van der Waals surface area (Å²) >= 11 is 0. The average molecular weight is 359 g/mol. The normalized spacial score (nSPS) is 18.0.